The molecule has 0 saturated carbocycles. The Morgan fingerprint density at radius 2 is 2.38 bits per heavy atom. The van der Waals surface area contributed by atoms with Crippen LogP contribution in [0.5, 0.6) is 0 Å². The number of carboxylic acid groups (broad SMARTS) is 1. The van der Waals surface area contributed by atoms with E-state index in [2.05, 4.69) is 4.99 Å². The Bertz CT molecular complexity index is 365. The van der Waals surface area contributed by atoms with Gasteiger partial charge in [-0.3, -0.25) is 4.99 Å². The fraction of sp³-hybridized carbons (Fsp3) is 0.111. The summed E-state index contributed by atoms with van der Waals surface area (Å²) in [7, 11) is 0. The van der Waals surface area contributed by atoms with Gasteiger partial charge in [0.05, 0.1) is 6.21 Å². The first-order chi connectivity index (χ1) is 6.23. The molecule has 13 heavy (non-hydrogen) atoms. The van der Waals surface area contributed by atoms with Gasteiger partial charge >= 0.3 is 6.16 Å². The van der Waals surface area contributed by atoms with Crippen LogP contribution in [0.1, 0.15) is 0 Å². The van der Waals surface area contributed by atoms with Gasteiger partial charge in [-0.05, 0) is 6.08 Å². The summed E-state index contributed by atoms with van der Waals surface area (Å²) in [5, 5.41) is 8.54. The minimum absolute atomic E-state index is 0.734. The molecule has 2 aliphatic rings. The quantitative estimate of drug-likeness (QED) is 0.617. The number of allylic oxidation sites excluding steroid dienone is 2. The third kappa shape index (κ3) is 1.16. The van der Waals surface area contributed by atoms with Crippen molar-refractivity contribution in [2.45, 2.75) is 5.60 Å². The fourth-order valence-corrected chi connectivity index (χ4v) is 1.34. The molecule has 1 atom stereocenters. The molecular formula is C9H7NO3. The molecule has 4 nitrogen and oxygen atoms in total. The zero-order valence-corrected chi connectivity index (χ0v) is 6.68. The summed E-state index contributed by atoms with van der Waals surface area (Å²) in [6.45, 7) is 0. The molecule has 1 N–H and O–H groups in total. The number of hydrogen-bond acceptors (Lipinski definition) is 3. The van der Waals surface area contributed by atoms with Gasteiger partial charge < -0.3 is 9.84 Å². The average molecular weight is 177 g/mol. The highest BCUT2D eigenvalue weighted by atomic mass is 16.7. The van der Waals surface area contributed by atoms with E-state index >= 15 is 0 Å². The first-order valence-corrected chi connectivity index (χ1v) is 3.76. The van der Waals surface area contributed by atoms with E-state index < -0.39 is 11.8 Å². The van der Waals surface area contributed by atoms with Crippen molar-refractivity contribution in [3.8, 4) is 0 Å². The van der Waals surface area contributed by atoms with Gasteiger partial charge in [-0.2, -0.15) is 0 Å². The van der Waals surface area contributed by atoms with Gasteiger partial charge in [0.25, 0.3) is 0 Å². The third-order valence-corrected chi connectivity index (χ3v) is 1.92. The predicted molar refractivity (Wildman–Crippen MR) is 46.7 cm³/mol. The zero-order chi connectivity index (χ0) is 9.31. The van der Waals surface area contributed by atoms with Gasteiger partial charge in [0, 0.05) is 11.8 Å². The number of carbonyl (C=O) groups is 1. The number of rotatable bonds is 1. The highest BCUT2D eigenvalue weighted by molar-refractivity contribution is 5.85. The molecule has 0 saturated heterocycles. The number of ether oxygens (including phenoxy) is 1. The number of nitrogens with zero attached hydrogens (tertiary/aromatic N) is 1. The molecule has 0 fully saturated rings. The Hall–Kier alpha value is -1.84. The topological polar surface area (TPSA) is 58.9 Å². The van der Waals surface area contributed by atoms with Crippen LogP contribution in [0.15, 0.2) is 41.1 Å². The summed E-state index contributed by atoms with van der Waals surface area (Å²) in [5.74, 6) is 0. The summed E-state index contributed by atoms with van der Waals surface area (Å²) in [6.07, 6.45) is 8.72. The standard InChI is InChI=1S/C9H7NO3/c11-8(12)13-9-4-2-1-3-7(9)5-10-6-9/h1-6H,(H,11,12). The van der Waals surface area contributed by atoms with Crippen LogP contribution >= 0.6 is 0 Å². The second-order valence-electron chi connectivity index (χ2n) is 2.74. The minimum atomic E-state index is -1.31. The molecule has 0 aromatic carbocycles. The Balaban J connectivity index is 2.35. The predicted octanol–water partition coefficient (Wildman–Crippen LogP) is 1.51. The molecule has 0 bridgehead atoms. The molecule has 2 rings (SSSR count). The molecule has 0 aromatic heterocycles. The largest absolute Gasteiger partial charge is 0.507 e. The molecule has 0 aromatic rings. The van der Waals surface area contributed by atoms with Crippen molar-refractivity contribution < 1.29 is 14.6 Å². The van der Waals surface area contributed by atoms with Crippen LogP contribution in [0.2, 0.25) is 0 Å². The molecule has 4 heteroatoms. The first-order valence-electron chi connectivity index (χ1n) is 3.76. The summed E-state index contributed by atoms with van der Waals surface area (Å²) in [6, 6.07) is 0. The van der Waals surface area contributed by atoms with E-state index in [1.54, 1.807) is 24.4 Å². The fourth-order valence-electron chi connectivity index (χ4n) is 1.34. The van der Waals surface area contributed by atoms with Crippen molar-refractivity contribution in [3.05, 3.63) is 36.1 Å². The average Bonchev–Trinajstić information content (AvgIpc) is 2.45. The van der Waals surface area contributed by atoms with Gasteiger partial charge in [0.1, 0.15) is 0 Å². The number of fused-ring (bicyclic) bond motifs is 1. The van der Waals surface area contributed by atoms with E-state index in [9.17, 15) is 4.79 Å². The maximum atomic E-state index is 10.4. The van der Waals surface area contributed by atoms with Crippen LogP contribution in [0.3, 0.4) is 0 Å². The van der Waals surface area contributed by atoms with E-state index in [-0.39, 0.29) is 0 Å². The van der Waals surface area contributed by atoms with E-state index in [0.717, 1.165) is 5.57 Å². The third-order valence-electron chi connectivity index (χ3n) is 1.92. The van der Waals surface area contributed by atoms with Crippen molar-refractivity contribution in [1.82, 2.24) is 0 Å². The van der Waals surface area contributed by atoms with E-state index in [4.69, 9.17) is 9.84 Å². The molecule has 1 aliphatic carbocycles. The maximum Gasteiger partial charge on any atom is 0.507 e. The van der Waals surface area contributed by atoms with Crippen molar-refractivity contribution in [3.63, 3.8) is 0 Å². The Morgan fingerprint density at radius 3 is 3.15 bits per heavy atom. The highest BCUT2D eigenvalue weighted by Crippen LogP contribution is 2.30. The van der Waals surface area contributed by atoms with E-state index in [1.807, 2.05) is 6.08 Å². The lowest BCUT2D eigenvalue weighted by Crippen LogP contribution is -2.35. The first kappa shape index (κ1) is 7.79. The second-order valence-corrected chi connectivity index (χ2v) is 2.74. The molecule has 0 amide bonds. The number of aliphatic imine (C=N–C) groups is 1. The molecule has 1 heterocycles. The van der Waals surface area contributed by atoms with E-state index in [1.165, 1.54) is 6.21 Å². The summed E-state index contributed by atoms with van der Waals surface area (Å²) in [4.78, 5) is 14.3. The SMILES string of the molecule is O=C(O)OC12C=CC=CC1=CN=C2. The van der Waals surface area contributed by atoms with Gasteiger partial charge in [-0.1, -0.05) is 18.2 Å². The summed E-state index contributed by atoms with van der Waals surface area (Å²) in [5.41, 5.74) is -0.252. The maximum absolute atomic E-state index is 10.4. The normalized spacial score (nSPS) is 28.5. The zero-order valence-electron chi connectivity index (χ0n) is 6.68. The lowest BCUT2D eigenvalue weighted by molar-refractivity contribution is 0.0634. The Morgan fingerprint density at radius 1 is 1.54 bits per heavy atom. The van der Waals surface area contributed by atoms with Gasteiger partial charge in [0.2, 0.25) is 0 Å². The van der Waals surface area contributed by atoms with Gasteiger partial charge in [0.15, 0.2) is 5.60 Å². The van der Waals surface area contributed by atoms with Crippen LogP contribution in [-0.4, -0.2) is 23.1 Å². The molecule has 0 spiro atoms. The minimum Gasteiger partial charge on any atom is -0.450 e. The van der Waals surface area contributed by atoms with Crippen molar-refractivity contribution in [1.29, 1.82) is 0 Å². The monoisotopic (exact) mass is 177 g/mol. The van der Waals surface area contributed by atoms with Crippen molar-refractivity contribution in [2.24, 2.45) is 4.99 Å². The summed E-state index contributed by atoms with van der Waals surface area (Å²) >= 11 is 0. The Labute approximate surface area is 74.5 Å². The van der Waals surface area contributed by atoms with Crippen LogP contribution in [-0.2, 0) is 4.74 Å². The lowest BCUT2D eigenvalue weighted by Gasteiger charge is -2.24. The number of hydrogen-bond donors (Lipinski definition) is 1. The van der Waals surface area contributed by atoms with Gasteiger partial charge in [-0.15, -0.1) is 0 Å². The molecule has 66 valence electrons. The Kier molecular flexibility index (Phi) is 1.55. The van der Waals surface area contributed by atoms with Crippen LogP contribution < -0.4 is 0 Å². The van der Waals surface area contributed by atoms with Crippen LogP contribution in [0.4, 0.5) is 4.79 Å². The van der Waals surface area contributed by atoms with Crippen LogP contribution in [0.25, 0.3) is 0 Å². The molecule has 0 radical (unpaired) electrons. The van der Waals surface area contributed by atoms with Crippen LogP contribution in [0, 0.1) is 0 Å². The van der Waals surface area contributed by atoms with Crippen molar-refractivity contribution in [2.75, 3.05) is 0 Å². The van der Waals surface area contributed by atoms with Gasteiger partial charge in [-0.25, -0.2) is 4.79 Å². The second kappa shape index (κ2) is 2.58. The molecule has 1 aliphatic heterocycles. The van der Waals surface area contributed by atoms with Crippen molar-refractivity contribution >= 4 is 12.4 Å². The summed E-state index contributed by atoms with van der Waals surface area (Å²) < 4.78 is 4.76. The smallest absolute Gasteiger partial charge is 0.450 e. The highest BCUT2D eigenvalue weighted by Gasteiger charge is 2.36. The molecular weight excluding hydrogens is 170 g/mol. The molecule has 1 unspecified atom stereocenters. The lowest BCUT2D eigenvalue weighted by atomic mass is 9.93. The van der Waals surface area contributed by atoms with E-state index in [0.29, 0.717) is 0 Å².